The van der Waals surface area contributed by atoms with E-state index in [1.165, 1.54) is 4.90 Å². The predicted octanol–water partition coefficient (Wildman–Crippen LogP) is 0.962. The molecular formula is C18H21N3O5. The fraction of sp³-hybridized carbons (Fsp3) is 0.444. The first kappa shape index (κ1) is 17.9. The molecule has 0 unspecified atom stereocenters. The first-order valence-corrected chi connectivity index (χ1v) is 8.59. The highest BCUT2D eigenvalue weighted by atomic mass is 16.4. The maximum Gasteiger partial charge on any atom is 0.329 e. The smallest absolute Gasteiger partial charge is 0.329 e. The van der Waals surface area contributed by atoms with Crippen molar-refractivity contribution in [2.45, 2.75) is 38.8 Å². The summed E-state index contributed by atoms with van der Waals surface area (Å²) in [5.74, 6) is -1.94. The van der Waals surface area contributed by atoms with Gasteiger partial charge in [0, 0.05) is 6.54 Å². The second-order valence-corrected chi connectivity index (χ2v) is 6.87. The summed E-state index contributed by atoms with van der Waals surface area (Å²) >= 11 is 0. The molecule has 1 aromatic heterocycles. The minimum atomic E-state index is -1.07. The van der Waals surface area contributed by atoms with Crippen LogP contribution < -0.4 is 11.2 Å². The number of carboxylic acids is 1. The Bertz CT molecular complexity index is 975. The zero-order chi connectivity index (χ0) is 19.0. The number of hydrogen-bond acceptors (Lipinski definition) is 4. The number of likely N-dealkylation sites (tertiary alicyclic amines) is 1. The number of hydrogen-bond donors (Lipinski definition) is 2. The molecule has 2 aromatic rings. The van der Waals surface area contributed by atoms with Crippen molar-refractivity contribution in [2.75, 3.05) is 6.54 Å². The molecule has 138 valence electrons. The molecular weight excluding hydrogens is 338 g/mol. The number of rotatable bonds is 4. The van der Waals surface area contributed by atoms with E-state index in [4.69, 9.17) is 0 Å². The largest absolute Gasteiger partial charge is 0.480 e. The van der Waals surface area contributed by atoms with Gasteiger partial charge in [0.25, 0.3) is 5.56 Å². The molecule has 0 bridgehead atoms. The number of aromatic nitrogens is 2. The van der Waals surface area contributed by atoms with Crippen LogP contribution in [0.4, 0.5) is 0 Å². The molecule has 0 radical (unpaired) electrons. The number of carbonyl (C=O) groups excluding carboxylic acids is 1. The van der Waals surface area contributed by atoms with E-state index in [1.54, 1.807) is 38.1 Å². The van der Waals surface area contributed by atoms with Crippen molar-refractivity contribution in [2.24, 2.45) is 5.92 Å². The summed E-state index contributed by atoms with van der Waals surface area (Å²) in [6, 6.07) is 4.61. The molecule has 1 amide bonds. The van der Waals surface area contributed by atoms with Crippen LogP contribution in [0.15, 0.2) is 33.9 Å². The number of para-hydroxylation sites is 1. The monoisotopic (exact) mass is 359 g/mol. The quantitative estimate of drug-likeness (QED) is 0.844. The Morgan fingerprint density at radius 2 is 1.92 bits per heavy atom. The van der Waals surface area contributed by atoms with Gasteiger partial charge in [0.05, 0.1) is 10.9 Å². The minimum Gasteiger partial charge on any atom is -0.480 e. The maximum atomic E-state index is 13.1. The van der Waals surface area contributed by atoms with Gasteiger partial charge in [-0.25, -0.2) is 14.2 Å². The van der Waals surface area contributed by atoms with Crippen LogP contribution in [0.5, 0.6) is 0 Å². The van der Waals surface area contributed by atoms with Gasteiger partial charge in [-0.05, 0) is 30.9 Å². The lowest BCUT2D eigenvalue weighted by Gasteiger charge is -2.29. The van der Waals surface area contributed by atoms with E-state index in [0.29, 0.717) is 30.3 Å². The molecule has 2 atom stereocenters. The van der Waals surface area contributed by atoms with E-state index in [-0.39, 0.29) is 5.92 Å². The van der Waals surface area contributed by atoms with Gasteiger partial charge in [-0.15, -0.1) is 0 Å². The molecule has 1 aliphatic heterocycles. The fourth-order valence-corrected chi connectivity index (χ4v) is 3.58. The molecule has 0 saturated carbocycles. The third-order valence-electron chi connectivity index (χ3n) is 4.82. The van der Waals surface area contributed by atoms with Crippen molar-refractivity contribution in [3.05, 3.63) is 45.1 Å². The normalized spacial score (nSPS) is 18.4. The Kier molecular flexibility index (Phi) is 4.67. The molecule has 8 nitrogen and oxygen atoms in total. The first-order chi connectivity index (χ1) is 12.3. The van der Waals surface area contributed by atoms with Crippen molar-refractivity contribution in [1.29, 1.82) is 0 Å². The Balaban J connectivity index is 2.14. The van der Waals surface area contributed by atoms with Gasteiger partial charge < -0.3 is 15.0 Å². The summed E-state index contributed by atoms with van der Waals surface area (Å²) in [4.78, 5) is 53.9. The summed E-state index contributed by atoms with van der Waals surface area (Å²) in [7, 11) is 0. The third kappa shape index (κ3) is 2.91. The number of nitrogens with one attached hydrogen (secondary N) is 1. The van der Waals surface area contributed by atoms with Gasteiger partial charge in [0.2, 0.25) is 5.91 Å². The summed E-state index contributed by atoms with van der Waals surface area (Å²) in [6.45, 7) is 3.77. The zero-order valence-corrected chi connectivity index (χ0v) is 14.6. The average Bonchev–Trinajstić information content (AvgIpc) is 3.07. The van der Waals surface area contributed by atoms with Gasteiger partial charge in [0.1, 0.15) is 12.1 Å². The Labute approximate surface area is 149 Å². The van der Waals surface area contributed by atoms with Gasteiger partial charge in [-0.3, -0.25) is 9.59 Å². The predicted molar refractivity (Wildman–Crippen MR) is 95.1 cm³/mol. The molecule has 26 heavy (non-hydrogen) atoms. The van der Waals surface area contributed by atoms with Crippen LogP contribution in [-0.4, -0.2) is 44.0 Å². The molecule has 2 N–H and O–H groups in total. The van der Waals surface area contributed by atoms with E-state index < -0.39 is 35.2 Å². The van der Waals surface area contributed by atoms with E-state index in [0.717, 1.165) is 4.57 Å². The number of aliphatic carboxylic acids is 1. The van der Waals surface area contributed by atoms with Crippen LogP contribution in [-0.2, 0) is 9.59 Å². The van der Waals surface area contributed by atoms with Crippen LogP contribution >= 0.6 is 0 Å². The van der Waals surface area contributed by atoms with Gasteiger partial charge in [0.15, 0.2) is 0 Å². The highest BCUT2D eigenvalue weighted by Crippen LogP contribution is 2.25. The Morgan fingerprint density at radius 3 is 2.58 bits per heavy atom. The van der Waals surface area contributed by atoms with Crippen LogP contribution in [0.2, 0.25) is 0 Å². The number of aromatic amines is 1. The number of carbonyl (C=O) groups is 2. The second kappa shape index (κ2) is 6.78. The molecule has 1 aliphatic rings. The van der Waals surface area contributed by atoms with E-state index in [2.05, 4.69) is 4.98 Å². The van der Waals surface area contributed by atoms with Gasteiger partial charge in [-0.2, -0.15) is 0 Å². The van der Waals surface area contributed by atoms with Crippen LogP contribution in [0, 0.1) is 5.92 Å². The Morgan fingerprint density at radius 1 is 1.23 bits per heavy atom. The molecule has 8 heteroatoms. The van der Waals surface area contributed by atoms with Crippen molar-refractivity contribution < 1.29 is 14.7 Å². The molecule has 0 spiro atoms. The highest BCUT2D eigenvalue weighted by molar-refractivity contribution is 5.87. The van der Waals surface area contributed by atoms with E-state index in [9.17, 15) is 24.3 Å². The first-order valence-electron chi connectivity index (χ1n) is 8.59. The maximum absolute atomic E-state index is 13.1. The minimum absolute atomic E-state index is 0.305. The van der Waals surface area contributed by atoms with Crippen molar-refractivity contribution in [3.63, 3.8) is 0 Å². The molecule has 1 aromatic carbocycles. The SMILES string of the molecule is CC(C)[C@@H](C(=O)N1CCC[C@H]1C(=O)O)n1c(=O)[nH]c2ccccc2c1=O. The average molecular weight is 359 g/mol. The molecule has 3 rings (SSSR count). The van der Waals surface area contributed by atoms with Gasteiger partial charge >= 0.3 is 11.7 Å². The lowest BCUT2D eigenvalue weighted by Crippen LogP contribution is -2.50. The topological polar surface area (TPSA) is 112 Å². The van der Waals surface area contributed by atoms with Gasteiger partial charge in [-0.1, -0.05) is 26.0 Å². The van der Waals surface area contributed by atoms with E-state index in [1.807, 2.05) is 0 Å². The Hall–Kier alpha value is -2.90. The molecule has 0 aliphatic carbocycles. The number of carboxylic acid groups (broad SMARTS) is 1. The van der Waals surface area contributed by atoms with Crippen LogP contribution in [0.25, 0.3) is 10.9 Å². The summed E-state index contributed by atoms with van der Waals surface area (Å²) < 4.78 is 0.923. The van der Waals surface area contributed by atoms with E-state index >= 15 is 0 Å². The molecule has 2 heterocycles. The van der Waals surface area contributed by atoms with Crippen LogP contribution in [0.1, 0.15) is 32.7 Å². The summed E-state index contributed by atoms with van der Waals surface area (Å²) in [5, 5.41) is 9.65. The highest BCUT2D eigenvalue weighted by Gasteiger charge is 2.39. The zero-order valence-electron chi connectivity index (χ0n) is 14.6. The lowest BCUT2D eigenvalue weighted by molar-refractivity contribution is -0.150. The lowest BCUT2D eigenvalue weighted by atomic mass is 10.0. The second-order valence-electron chi connectivity index (χ2n) is 6.87. The number of benzene rings is 1. The number of nitrogens with zero attached hydrogens (tertiary/aromatic N) is 2. The molecule has 1 fully saturated rings. The third-order valence-corrected chi connectivity index (χ3v) is 4.82. The number of H-pyrrole nitrogens is 1. The van der Waals surface area contributed by atoms with Crippen LogP contribution in [0.3, 0.4) is 0 Å². The van der Waals surface area contributed by atoms with Crippen molar-refractivity contribution in [1.82, 2.24) is 14.5 Å². The summed E-state index contributed by atoms with van der Waals surface area (Å²) in [6.07, 6.45) is 0.950. The summed E-state index contributed by atoms with van der Waals surface area (Å²) in [5.41, 5.74) is -0.826. The fourth-order valence-electron chi connectivity index (χ4n) is 3.58. The standard InChI is InChI=1S/C18H21N3O5/c1-10(2)14(16(23)20-9-5-8-13(20)17(24)25)21-15(22)11-6-3-4-7-12(11)19-18(21)26/h3-4,6-7,10,13-14H,5,8-9H2,1-2H3,(H,19,26)(H,24,25)/t13-,14-/m0/s1. The number of amides is 1. The van der Waals surface area contributed by atoms with Crippen molar-refractivity contribution >= 4 is 22.8 Å². The van der Waals surface area contributed by atoms with Crippen molar-refractivity contribution in [3.8, 4) is 0 Å². The molecule has 1 saturated heterocycles. The number of fused-ring (bicyclic) bond motifs is 1.